The second-order valence-corrected chi connectivity index (χ2v) is 12.2. The van der Waals surface area contributed by atoms with Gasteiger partial charge in [0.15, 0.2) is 0 Å². The molecule has 0 radical (unpaired) electrons. The number of ether oxygens (including phenoxy) is 1. The highest BCUT2D eigenvalue weighted by atomic mass is 35.5. The summed E-state index contributed by atoms with van der Waals surface area (Å²) < 4.78 is 8.55. The van der Waals surface area contributed by atoms with Crippen molar-refractivity contribution in [2.45, 2.75) is 18.9 Å². The van der Waals surface area contributed by atoms with Crippen molar-refractivity contribution >= 4 is 34.1 Å². The standard InChI is InChI=1S/C40H36ClN3O2/c41-37-19-8-10-21-39(37)42-22-24-43(25-23-42)40(45)27-35(31-14-11-17-33(26-31)46-32-15-5-2-6-16-32)36-29-44(28-30-12-3-1-4-13-30)38-20-9-7-18-34(36)38/h1-21,26,29,35H,22-25,27-28H2. The van der Waals surface area contributed by atoms with Gasteiger partial charge in [0, 0.05) is 62.2 Å². The molecule has 1 unspecified atom stereocenters. The van der Waals surface area contributed by atoms with Crippen LogP contribution in [0.15, 0.2) is 140 Å². The van der Waals surface area contributed by atoms with Crippen molar-refractivity contribution in [3.8, 4) is 11.5 Å². The first kappa shape index (κ1) is 29.7. The number of fused-ring (bicyclic) bond motifs is 1. The van der Waals surface area contributed by atoms with Crippen LogP contribution in [0, 0.1) is 0 Å². The highest BCUT2D eigenvalue weighted by Gasteiger charge is 2.28. The number of anilines is 1. The van der Waals surface area contributed by atoms with Crippen LogP contribution >= 0.6 is 11.6 Å². The first-order chi connectivity index (χ1) is 22.6. The Morgan fingerprint density at radius 3 is 2.17 bits per heavy atom. The van der Waals surface area contributed by atoms with Crippen LogP contribution in [0.2, 0.25) is 5.02 Å². The van der Waals surface area contributed by atoms with Gasteiger partial charge >= 0.3 is 0 Å². The first-order valence-electron chi connectivity index (χ1n) is 15.8. The zero-order valence-electron chi connectivity index (χ0n) is 25.6. The summed E-state index contributed by atoms with van der Waals surface area (Å²) in [5.41, 5.74) is 5.61. The first-order valence-corrected chi connectivity index (χ1v) is 16.2. The summed E-state index contributed by atoms with van der Waals surface area (Å²) in [4.78, 5) is 18.4. The fourth-order valence-corrected chi connectivity index (χ4v) is 6.75. The molecule has 5 aromatic carbocycles. The number of hydrogen-bond acceptors (Lipinski definition) is 3. The Kier molecular flexibility index (Phi) is 8.75. The summed E-state index contributed by atoms with van der Waals surface area (Å²) in [6, 6.07) is 45.0. The Morgan fingerprint density at radius 1 is 0.717 bits per heavy atom. The molecule has 1 amide bonds. The van der Waals surface area contributed by atoms with Gasteiger partial charge in [-0.05, 0) is 59.2 Å². The topological polar surface area (TPSA) is 37.7 Å². The highest BCUT2D eigenvalue weighted by molar-refractivity contribution is 6.33. The van der Waals surface area contributed by atoms with Crippen molar-refractivity contribution in [2.75, 3.05) is 31.1 Å². The Morgan fingerprint density at radius 2 is 1.39 bits per heavy atom. The van der Waals surface area contributed by atoms with Crippen molar-refractivity contribution in [3.05, 3.63) is 161 Å². The molecule has 0 N–H and O–H groups in total. The van der Waals surface area contributed by atoms with E-state index < -0.39 is 0 Å². The van der Waals surface area contributed by atoms with E-state index in [0.717, 1.165) is 63.9 Å². The number of hydrogen-bond donors (Lipinski definition) is 0. The van der Waals surface area contributed by atoms with Crippen LogP contribution in [0.4, 0.5) is 5.69 Å². The molecule has 0 aliphatic carbocycles. The smallest absolute Gasteiger partial charge is 0.223 e. The highest BCUT2D eigenvalue weighted by Crippen LogP contribution is 2.37. The maximum atomic E-state index is 14.1. The van der Waals surface area contributed by atoms with Crippen LogP contribution in [0.1, 0.15) is 29.0 Å². The number of nitrogens with zero attached hydrogens (tertiary/aromatic N) is 3. The number of benzene rings is 5. The molecule has 1 fully saturated rings. The number of piperazine rings is 1. The molecule has 0 bridgehead atoms. The van der Waals surface area contributed by atoms with E-state index >= 15 is 0 Å². The van der Waals surface area contributed by atoms with Crippen molar-refractivity contribution in [3.63, 3.8) is 0 Å². The van der Waals surface area contributed by atoms with Gasteiger partial charge in [-0.2, -0.15) is 0 Å². The van der Waals surface area contributed by atoms with Gasteiger partial charge in [-0.1, -0.05) is 103 Å². The molecule has 0 saturated carbocycles. The fourth-order valence-electron chi connectivity index (χ4n) is 6.50. The van der Waals surface area contributed by atoms with E-state index in [2.05, 4.69) is 76.3 Å². The van der Waals surface area contributed by atoms with Crippen LogP contribution < -0.4 is 9.64 Å². The van der Waals surface area contributed by atoms with E-state index in [9.17, 15) is 4.79 Å². The largest absolute Gasteiger partial charge is 0.457 e. The third-order valence-electron chi connectivity index (χ3n) is 8.83. The summed E-state index contributed by atoms with van der Waals surface area (Å²) in [7, 11) is 0. The number of carbonyl (C=O) groups is 1. The van der Waals surface area contributed by atoms with Crippen LogP contribution in [0.5, 0.6) is 11.5 Å². The minimum absolute atomic E-state index is 0.151. The van der Waals surface area contributed by atoms with Crippen molar-refractivity contribution in [1.82, 2.24) is 9.47 Å². The predicted molar refractivity (Wildman–Crippen MR) is 187 cm³/mol. The fraction of sp³-hybridized carbons (Fsp3) is 0.175. The summed E-state index contributed by atoms with van der Waals surface area (Å²) in [5.74, 6) is 1.53. The normalized spacial score (nSPS) is 13.9. The van der Waals surface area contributed by atoms with Gasteiger partial charge < -0.3 is 19.1 Å². The van der Waals surface area contributed by atoms with Gasteiger partial charge in [-0.3, -0.25) is 4.79 Å². The minimum atomic E-state index is -0.157. The average molecular weight is 626 g/mol. The number of carbonyl (C=O) groups excluding carboxylic acids is 1. The summed E-state index contributed by atoms with van der Waals surface area (Å²) in [5, 5.41) is 1.90. The van der Waals surface area contributed by atoms with Crippen molar-refractivity contribution in [2.24, 2.45) is 0 Å². The van der Waals surface area contributed by atoms with Crippen LogP contribution in [-0.4, -0.2) is 41.6 Å². The van der Waals surface area contributed by atoms with Crippen LogP contribution in [-0.2, 0) is 11.3 Å². The van der Waals surface area contributed by atoms with Gasteiger partial charge in [0.1, 0.15) is 11.5 Å². The molecular weight excluding hydrogens is 590 g/mol. The molecule has 1 atom stereocenters. The van der Waals surface area contributed by atoms with Gasteiger partial charge in [-0.15, -0.1) is 0 Å². The van der Waals surface area contributed by atoms with Crippen LogP contribution in [0.25, 0.3) is 10.9 Å². The summed E-state index contributed by atoms with van der Waals surface area (Å²) >= 11 is 6.49. The maximum Gasteiger partial charge on any atom is 0.223 e. The lowest BCUT2D eigenvalue weighted by Crippen LogP contribution is -2.49. The number of halogens is 1. The SMILES string of the molecule is O=C(CC(c1cccc(Oc2ccccc2)c1)c1cn(Cc2ccccc2)c2ccccc12)N1CCN(c2ccccc2Cl)CC1. The van der Waals surface area contributed by atoms with Gasteiger partial charge in [0.05, 0.1) is 10.7 Å². The molecule has 2 heterocycles. The van der Waals surface area contributed by atoms with Crippen molar-refractivity contribution in [1.29, 1.82) is 0 Å². The van der Waals surface area contributed by atoms with Gasteiger partial charge in [0.25, 0.3) is 0 Å². The Labute approximate surface area is 275 Å². The molecule has 0 spiro atoms. The molecule has 5 nitrogen and oxygen atoms in total. The molecule has 1 aliphatic rings. The third kappa shape index (κ3) is 6.51. The lowest BCUT2D eigenvalue weighted by atomic mass is 9.87. The number of amides is 1. The van der Waals surface area contributed by atoms with Gasteiger partial charge in [0.2, 0.25) is 5.91 Å². The maximum absolute atomic E-state index is 14.1. The van der Waals surface area contributed by atoms with E-state index in [1.165, 1.54) is 5.56 Å². The zero-order valence-corrected chi connectivity index (χ0v) is 26.4. The van der Waals surface area contributed by atoms with E-state index in [0.29, 0.717) is 19.5 Å². The van der Waals surface area contributed by atoms with E-state index in [4.69, 9.17) is 16.3 Å². The lowest BCUT2D eigenvalue weighted by molar-refractivity contribution is -0.131. The van der Waals surface area contributed by atoms with Crippen LogP contribution in [0.3, 0.4) is 0 Å². The molecule has 7 rings (SSSR count). The summed E-state index contributed by atoms with van der Waals surface area (Å²) in [6.45, 7) is 3.56. The Hall–Kier alpha value is -5.00. The zero-order chi connectivity index (χ0) is 31.3. The lowest BCUT2D eigenvalue weighted by Gasteiger charge is -2.37. The summed E-state index contributed by atoms with van der Waals surface area (Å²) in [6.07, 6.45) is 2.61. The van der Waals surface area contributed by atoms with E-state index in [1.54, 1.807) is 0 Å². The Balaban J connectivity index is 1.21. The number of aromatic nitrogens is 1. The van der Waals surface area contributed by atoms with E-state index in [-0.39, 0.29) is 11.8 Å². The average Bonchev–Trinajstić information content (AvgIpc) is 3.46. The van der Waals surface area contributed by atoms with E-state index in [1.807, 2.05) is 77.7 Å². The molecule has 6 heteroatoms. The van der Waals surface area contributed by atoms with Gasteiger partial charge in [-0.25, -0.2) is 0 Å². The minimum Gasteiger partial charge on any atom is -0.457 e. The molecule has 46 heavy (non-hydrogen) atoms. The Bertz CT molecular complexity index is 1930. The second kappa shape index (κ2) is 13.6. The number of para-hydroxylation sites is 3. The van der Waals surface area contributed by atoms with Crippen molar-refractivity contribution < 1.29 is 9.53 Å². The molecule has 1 aromatic heterocycles. The molecule has 6 aromatic rings. The predicted octanol–water partition coefficient (Wildman–Crippen LogP) is 9.01. The second-order valence-electron chi connectivity index (χ2n) is 11.8. The monoisotopic (exact) mass is 625 g/mol. The molecular formula is C40H36ClN3O2. The number of rotatable bonds is 9. The molecule has 230 valence electrons. The third-order valence-corrected chi connectivity index (χ3v) is 9.15. The quantitative estimate of drug-likeness (QED) is 0.161. The molecule has 1 saturated heterocycles. The molecule has 1 aliphatic heterocycles.